The fourth-order valence-electron chi connectivity index (χ4n) is 2.37. The van der Waals surface area contributed by atoms with E-state index in [9.17, 15) is 19.5 Å². The molecule has 1 aromatic rings. The number of aromatic nitrogens is 2. The highest BCUT2D eigenvalue weighted by Gasteiger charge is 2.38. The third kappa shape index (κ3) is 3.43. The minimum absolute atomic E-state index is 0.0408. The van der Waals surface area contributed by atoms with E-state index in [-0.39, 0.29) is 25.2 Å². The average Bonchev–Trinajstić information content (AvgIpc) is 2.83. The Balaban J connectivity index is 2.28. The minimum Gasteiger partial charge on any atom is -0.460 e. The van der Waals surface area contributed by atoms with Crippen LogP contribution in [-0.2, 0) is 25.6 Å². The molecule has 0 radical (unpaired) electrons. The summed E-state index contributed by atoms with van der Waals surface area (Å²) in [7, 11) is 1.43. The molecule has 2 N–H and O–H groups in total. The Morgan fingerprint density at radius 3 is 2.86 bits per heavy atom. The molecule has 1 saturated heterocycles. The Labute approximate surface area is 125 Å². The van der Waals surface area contributed by atoms with Gasteiger partial charge in [-0.15, -0.1) is 0 Å². The van der Waals surface area contributed by atoms with Crippen molar-refractivity contribution in [2.24, 2.45) is 0 Å². The number of hydrogen-bond donors (Lipinski definition) is 2. The highest BCUT2D eigenvalue weighted by molar-refractivity contribution is 5.66. The van der Waals surface area contributed by atoms with Crippen molar-refractivity contribution < 1.29 is 24.1 Å². The highest BCUT2D eigenvalue weighted by atomic mass is 16.6. The molecule has 3 atom stereocenters. The average molecular weight is 314 g/mol. The Hall–Kier alpha value is -1.97. The molecule has 1 fully saturated rings. The van der Waals surface area contributed by atoms with Gasteiger partial charge in [-0.1, -0.05) is 0 Å². The number of esters is 1. The van der Waals surface area contributed by atoms with Crippen LogP contribution in [0.2, 0.25) is 0 Å². The van der Waals surface area contributed by atoms with Crippen LogP contribution < -0.4 is 11.2 Å². The van der Waals surface area contributed by atoms with Crippen molar-refractivity contribution >= 4 is 5.97 Å². The van der Waals surface area contributed by atoms with E-state index in [1.165, 1.54) is 24.8 Å². The van der Waals surface area contributed by atoms with Gasteiger partial charge in [0.15, 0.2) is 0 Å². The van der Waals surface area contributed by atoms with Crippen molar-refractivity contribution in [3.8, 4) is 0 Å². The predicted molar refractivity (Wildman–Crippen MR) is 73.2 cm³/mol. The molecule has 22 heavy (non-hydrogen) atoms. The van der Waals surface area contributed by atoms with Crippen molar-refractivity contribution in [3.05, 3.63) is 32.6 Å². The molecule has 1 aliphatic heterocycles. The maximum atomic E-state index is 11.9. The molecule has 3 unspecified atom stereocenters. The van der Waals surface area contributed by atoms with Gasteiger partial charge in [0.05, 0.1) is 18.8 Å². The van der Waals surface area contributed by atoms with Crippen molar-refractivity contribution in [3.63, 3.8) is 0 Å². The summed E-state index contributed by atoms with van der Waals surface area (Å²) in [6, 6.07) is 0. The van der Waals surface area contributed by atoms with Crippen LogP contribution in [0.1, 0.15) is 25.1 Å². The summed E-state index contributed by atoms with van der Waals surface area (Å²) in [6.07, 6.45) is -0.583. The van der Waals surface area contributed by atoms with Gasteiger partial charge < -0.3 is 19.3 Å². The lowest BCUT2D eigenvalue weighted by atomic mass is 10.2. The van der Waals surface area contributed by atoms with Crippen LogP contribution >= 0.6 is 0 Å². The quantitative estimate of drug-likeness (QED) is 0.661. The maximum absolute atomic E-state index is 11.9. The van der Waals surface area contributed by atoms with Crippen molar-refractivity contribution in [2.75, 3.05) is 13.7 Å². The second-order valence-corrected chi connectivity index (χ2v) is 4.95. The van der Waals surface area contributed by atoms with Crippen LogP contribution in [0.3, 0.4) is 0 Å². The van der Waals surface area contributed by atoms with E-state index < -0.39 is 35.7 Å². The number of rotatable bonds is 5. The first kappa shape index (κ1) is 16.4. The fraction of sp³-hybridized carbons (Fsp3) is 0.615. The molecule has 9 nitrogen and oxygen atoms in total. The number of carbonyl (C=O) groups excluding carboxylic acids is 1. The molecule has 2 heterocycles. The Morgan fingerprint density at radius 1 is 1.55 bits per heavy atom. The largest absolute Gasteiger partial charge is 0.460 e. The molecule has 9 heteroatoms. The number of hydrogen-bond acceptors (Lipinski definition) is 7. The molecule has 0 bridgehead atoms. The van der Waals surface area contributed by atoms with Gasteiger partial charge in [0.25, 0.3) is 5.56 Å². The normalized spacial score (nSPS) is 24.4. The maximum Gasteiger partial charge on any atom is 0.330 e. The van der Waals surface area contributed by atoms with Crippen LogP contribution in [0.15, 0.2) is 15.8 Å². The smallest absolute Gasteiger partial charge is 0.330 e. The first-order valence-corrected chi connectivity index (χ1v) is 6.73. The van der Waals surface area contributed by atoms with Gasteiger partial charge in [-0.05, 0) is 0 Å². The van der Waals surface area contributed by atoms with E-state index in [2.05, 4.69) is 4.98 Å². The van der Waals surface area contributed by atoms with E-state index >= 15 is 0 Å². The number of aromatic amines is 1. The summed E-state index contributed by atoms with van der Waals surface area (Å²) in [5, 5.41) is 9.28. The molecule has 2 rings (SSSR count). The van der Waals surface area contributed by atoms with Gasteiger partial charge in [0.2, 0.25) is 0 Å². The lowest BCUT2D eigenvalue weighted by Gasteiger charge is -2.15. The van der Waals surface area contributed by atoms with Gasteiger partial charge >= 0.3 is 11.7 Å². The van der Waals surface area contributed by atoms with Gasteiger partial charge in [-0.2, -0.15) is 0 Å². The van der Waals surface area contributed by atoms with E-state index in [0.29, 0.717) is 0 Å². The first-order valence-electron chi connectivity index (χ1n) is 6.73. The molecule has 0 aromatic carbocycles. The highest BCUT2D eigenvalue weighted by Crippen LogP contribution is 2.29. The zero-order valence-corrected chi connectivity index (χ0v) is 12.3. The van der Waals surface area contributed by atoms with Crippen LogP contribution in [0, 0.1) is 0 Å². The number of nitrogens with zero attached hydrogens (tertiary/aromatic N) is 1. The van der Waals surface area contributed by atoms with Crippen LogP contribution in [0.25, 0.3) is 0 Å². The number of ether oxygens (including phenoxy) is 3. The predicted octanol–water partition coefficient (Wildman–Crippen LogP) is -1.11. The molecule has 122 valence electrons. The molecule has 0 amide bonds. The van der Waals surface area contributed by atoms with E-state index in [0.717, 1.165) is 0 Å². The summed E-state index contributed by atoms with van der Waals surface area (Å²) < 4.78 is 16.7. The Bertz CT molecular complexity index is 651. The second-order valence-electron chi connectivity index (χ2n) is 4.95. The third-order valence-electron chi connectivity index (χ3n) is 3.33. The van der Waals surface area contributed by atoms with Gasteiger partial charge in [0, 0.05) is 26.7 Å². The minimum atomic E-state index is -0.749. The van der Waals surface area contributed by atoms with Crippen LogP contribution in [0.4, 0.5) is 0 Å². The lowest BCUT2D eigenvalue weighted by molar-refractivity contribution is -0.150. The van der Waals surface area contributed by atoms with Crippen LogP contribution in [-0.4, -0.2) is 46.6 Å². The van der Waals surface area contributed by atoms with Crippen molar-refractivity contribution in [2.45, 2.75) is 38.4 Å². The van der Waals surface area contributed by atoms with Crippen LogP contribution in [0.5, 0.6) is 0 Å². The van der Waals surface area contributed by atoms with E-state index in [1.807, 2.05) is 0 Å². The first-order chi connectivity index (χ1) is 10.5. The Morgan fingerprint density at radius 2 is 2.27 bits per heavy atom. The molecular formula is C13H18N2O7. The summed E-state index contributed by atoms with van der Waals surface area (Å²) in [6.45, 7) is 0.946. The zero-order chi connectivity index (χ0) is 16.3. The summed E-state index contributed by atoms with van der Waals surface area (Å²) in [4.78, 5) is 36.8. The van der Waals surface area contributed by atoms with E-state index in [1.54, 1.807) is 0 Å². The number of aliphatic hydroxyl groups excluding tert-OH is 1. The fourth-order valence-corrected chi connectivity index (χ4v) is 2.37. The lowest BCUT2D eigenvalue weighted by Crippen LogP contribution is -2.34. The molecule has 1 aromatic heterocycles. The Kier molecular flexibility index (Phi) is 5.11. The van der Waals surface area contributed by atoms with E-state index in [4.69, 9.17) is 14.2 Å². The second kappa shape index (κ2) is 6.86. The monoisotopic (exact) mass is 314 g/mol. The standard InChI is InChI=1S/C13H18N2O7/c1-7(17)21-9-3-11(22-10(9)5-16)15-4-8(6-20-2)12(18)14-13(15)19/h4,9-11,16H,3,5-6H2,1-2H3,(H,14,18,19). The molecule has 0 saturated carbocycles. The van der Waals surface area contributed by atoms with Gasteiger partial charge in [0.1, 0.15) is 18.4 Å². The van der Waals surface area contributed by atoms with Crippen molar-refractivity contribution in [1.29, 1.82) is 0 Å². The number of methoxy groups -OCH3 is 1. The third-order valence-corrected chi connectivity index (χ3v) is 3.33. The van der Waals surface area contributed by atoms with Gasteiger partial charge in [-0.25, -0.2) is 4.79 Å². The molecule has 0 spiro atoms. The number of aliphatic hydroxyl groups is 1. The topological polar surface area (TPSA) is 120 Å². The molecule has 0 aliphatic carbocycles. The van der Waals surface area contributed by atoms with Crippen molar-refractivity contribution in [1.82, 2.24) is 9.55 Å². The number of carbonyl (C=O) groups is 1. The summed E-state index contributed by atoms with van der Waals surface area (Å²) >= 11 is 0. The molecule has 1 aliphatic rings. The van der Waals surface area contributed by atoms with Gasteiger partial charge in [-0.3, -0.25) is 19.1 Å². The number of H-pyrrole nitrogens is 1. The SMILES string of the molecule is COCc1cn(C2CC(OC(C)=O)C(CO)O2)c(=O)[nH]c1=O. The number of nitrogens with one attached hydrogen (secondary N) is 1. The summed E-state index contributed by atoms with van der Waals surface area (Å²) in [5.41, 5.74) is -0.909. The summed E-state index contributed by atoms with van der Waals surface area (Å²) in [5.74, 6) is -0.499. The zero-order valence-electron chi connectivity index (χ0n) is 12.3. The molecular weight excluding hydrogens is 296 g/mol.